The minimum Gasteiger partial charge on any atom is -0.480 e. The first-order valence-corrected chi connectivity index (χ1v) is 6.32. The largest absolute Gasteiger partial charge is 0.480 e. The van der Waals surface area contributed by atoms with E-state index in [1.807, 2.05) is 0 Å². The zero-order valence-corrected chi connectivity index (χ0v) is 12.0. The van der Waals surface area contributed by atoms with E-state index in [0.717, 1.165) is 4.90 Å². The summed E-state index contributed by atoms with van der Waals surface area (Å²) in [7, 11) is 1.41. The first-order valence-electron chi connectivity index (χ1n) is 5.94. The SMILES string of the molecule is CC(C(=O)O)N(C)C(=O)c1cc(Cl)ccc1-n1cnnn1. The van der Waals surface area contributed by atoms with Crippen LogP contribution in [0.1, 0.15) is 17.3 Å². The molecule has 2 aromatic rings. The molecule has 9 heteroatoms. The van der Waals surface area contributed by atoms with Crippen molar-refractivity contribution in [1.29, 1.82) is 0 Å². The highest BCUT2D eigenvalue weighted by atomic mass is 35.5. The van der Waals surface area contributed by atoms with Gasteiger partial charge in [-0.1, -0.05) is 11.6 Å². The third-order valence-corrected chi connectivity index (χ3v) is 3.28. The number of carbonyl (C=O) groups is 2. The highest BCUT2D eigenvalue weighted by Crippen LogP contribution is 2.21. The molecule has 1 heterocycles. The fourth-order valence-electron chi connectivity index (χ4n) is 1.68. The molecule has 1 unspecified atom stereocenters. The summed E-state index contributed by atoms with van der Waals surface area (Å²) >= 11 is 5.92. The molecule has 21 heavy (non-hydrogen) atoms. The summed E-state index contributed by atoms with van der Waals surface area (Å²) in [5.41, 5.74) is 0.629. The minimum absolute atomic E-state index is 0.213. The standard InChI is InChI=1S/C12H12ClN5O3/c1-7(12(20)21)17(2)11(19)9-5-8(13)3-4-10(9)18-6-14-15-16-18/h3-7H,1-2H3,(H,20,21). The summed E-state index contributed by atoms with van der Waals surface area (Å²) < 4.78 is 1.31. The van der Waals surface area contributed by atoms with Crippen LogP contribution in [-0.4, -0.2) is 55.2 Å². The second kappa shape index (κ2) is 5.88. The Balaban J connectivity index is 2.45. The van der Waals surface area contributed by atoms with Crippen LogP contribution in [-0.2, 0) is 4.79 Å². The molecule has 2 rings (SSSR count). The first-order chi connectivity index (χ1) is 9.91. The van der Waals surface area contributed by atoms with Crippen LogP contribution >= 0.6 is 11.6 Å². The number of carboxylic acid groups (broad SMARTS) is 1. The van der Waals surface area contributed by atoms with Crippen molar-refractivity contribution < 1.29 is 14.7 Å². The van der Waals surface area contributed by atoms with E-state index in [1.54, 1.807) is 12.1 Å². The van der Waals surface area contributed by atoms with Gasteiger partial charge in [0.25, 0.3) is 5.91 Å². The van der Waals surface area contributed by atoms with Crippen molar-refractivity contribution in [2.75, 3.05) is 7.05 Å². The van der Waals surface area contributed by atoms with Crippen LogP contribution in [0.5, 0.6) is 0 Å². The lowest BCUT2D eigenvalue weighted by Gasteiger charge is -2.22. The minimum atomic E-state index is -1.10. The Morgan fingerprint density at radius 3 is 2.71 bits per heavy atom. The van der Waals surface area contributed by atoms with Gasteiger partial charge in [0.1, 0.15) is 12.4 Å². The van der Waals surface area contributed by atoms with Gasteiger partial charge in [-0.05, 0) is 35.5 Å². The van der Waals surface area contributed by atoms with Crippen molar-refractivity contribution in [2.45, 2.75) is 13.0 Å². The number of tetrazole rings is 1. The lowest BCUT2D eigenvalue weighted by Crippen LogP contribution is -2.40. The second-order valence-electron chi connectivity index (χ2n) is 4.35. The second-order valence-corrected chi connectivity index (χ2v) is 4.78. The Kier molecular flexibility index (Phi) is 4.18. The van der Waals surface area contributed by atoms with E-state index >= 15 is 0 Å². The highest BCUT2D eigenvalue weighted by Gasteiger charge is 2.25. The number of hydrogen-bond donors (Lipinski definition) is 1. The molecule has 1 aromatic carbocycles. The van der Waals surface area contributed by atoms with E-state index in [2.05, 4.69) is 15.5 Å². The third-order valence-electron chi connectivity index (χ3n) is 3.04. The Bertz CT molecular complexity index is 674. The summed E-state index contributed by atoms with van der Waals surface area (Å²) in [5.74, 6) is -1.59. The van der Waals surface area contributed by atoms with Crippen LogP contribution in [0.15, 0.2) is 24.5 Å². The van der Waals surface area contributed by atoms with E-state index in [9.17, 15) is 9.59 Å². The monoisotopic (exact) mass is 309 g/mol. The van der Waals surface area contributed by atoms with E-state index in [-0.39, 0.29) is 5.56 Å². The van der Waals surface area contributed by atoms with Crippen molar-refractivity contribution in [3.05, 3.63) is 35.1 Å². The molecule has 0 saturated carbocycles. The summed E-state index contributed by atoms with van der Waals surface area (Å²) in [6.45, 7) is 1.42. The van der Waals surface area contributed by atoms with Crippen molar-refractivity contribution in [3.63, 3.8) is 0 Å². The highest BCUT2D eigenvalue weighted by molar-refractivity contribution is 6.31. The zero-order valence-electron chi connectivity index (χ0n) is 11.3. The van der Waals surface area contributed by atoms with Gasteiger partial charge in [0.15, 0.2) is 0 Å². The van der Waals surface area contributed by atoms with E-state index in [4.69, 9.17) is 16.7 Å². The zero-order chi connectivity index (χ0) is 15.6. The number of aromatic nitrogens is 4. The van der Waals surface area contributed by atoms with Gasteiger partial charge in [0.05, 0.1) is 11.3 Å². The smallest absolute Gasteiger partial charge is 0.326 e. The maximum absolute atomic E-state index is 12.5. The van der Waals surface area contributed by atoms with Gasteiger partial charge >= 0.3 is 5.97 Å². The molecule has 8 nitrogen and oxygen atoms in total. The molecule has 1 aromatic heterocycles. The van der Waals surface area contributed by atoms with Crippen molar-refractivity contribution >= 4 is 23.5 Å². The van der Waals surface area contributed by atoms with Crippen LogP contribution in [0.2, 0.25) is 5.02 Å². The maximum atomic E-state index is 12.5. The van der Waals surface area contributed by atoms with Crippen LogP contribution in [0.3, 0.4) is 0 Å². The molecule has 110 valence electrons. The summed E-state index contributed by atoms with van der Waals surface area (Å²) in [4.78, 5) is 24.6. The number of amides is 1. The van der Waals surface area contributed by atoms with Gasteiger partial charge in [-0.25, -0.2) is 4.79 Å². The summed E-state index contributed by atoms with van der Waals surface area (Å²) in [6, 6.07) is 3.66. The van der Waals surface area contributed by atoms with E-state index < -0.39 is 17.9 Å². The number of hydrogen-bond acceptors (Lipinski definition) is 5. The molecular weight excluding hydrogens is 298 g/mol. The lowest BCUT2D eigenvalue weighted by molar-refractivity contribution is -0.141. The Hall–Kier alpha value is -2.48. The van der Waals surface area contributed by atoms with Gasteiger partial charge in [-0.15, -0.1) is 5.10 Å². The topological polar surface area (TPSA) is 101 Å². The number of halogens is 1. The fraction of sp³-hybridized carbons (Fsp3) is 0.250. The molecule has 0 aliphatic carbocycles. The summed E-state index contributed by atoms with van der Waals surface area (Å²) in [5, 5.41) is 20.1. The van der Waals surface area contributed by atoms with Gasteiger partial charge in [0, 0.05) is 12.1 Å². The van der Waals surface area contributed by atoms with Crippen LogP contribution in [0, 0.1) is 0 Å². The van der Waals surface area contributed by atoms with E-state index in [1.165, 1.54) is 31.0 Å². The molecule has 0 radical (unpaired) electrons. The third kappa shape index (κ3) is 3.00. The normalized spacial score (nSPS) is 12.0. The van der Waals surface area contributed by atoms with Gasteiger partial charge in [-0.2, -0.15) is 4.68 Å². The number of rotatable bonds is 4. The van der Waals surface area contributed by atoms with Crippen LogP contribution in [0.25, 0.3) is 5.69 Å². The average molecular weight is 310 g/mol. The number of carboxylic acids is 1. The molecule has 0 fully saturated rings. The number of likely N-dealkylation sites (N-methyl/N-ethyl adjacent to an activating group) is 1. The van der Waals surface area contributed by atoms with Crippen molar-refractivity contribution in [3.8, 4) is 5.69 Å². The van der Waals surface area contributed by atoms with Crippen molar-refractivity contribution in [1.82, 2.24) is 25.1 Å². The van der Waals surface area contributed by atoms with Crippen LogP contribution < -0.4 is 0 Å². The molecule has 0 aliphatic heterocycles. The molecule has 1 atom stereocenters. The predicted molar refractivity (Wildman–Crippen MR) is 73.4 cm³/mol. The number of benzene rings is 1. The predicted octanol–water partition coefficient (Wildman–Crippen LogP) is 0.861. The number of nitrogens with zero attached hydrogens (tertiary/aromatic N) is 5. The lowest BCUT2D eigenvalue weighted by atomic mass is 10.1. The molecule has 0 spiro atoms. The van der Waals surface area contributed by atoms with Gasteiger partial charge < -0.3 is 10.0 Å². The summed E-state index contributed by atoms with van der Waals surface area (Å²) in [6.07, 6.45) is 1.33. The molecule has 1 N–H and O–H groups in total. The Morgan fingerprint density at radius 2 is 2.14 bits per heavy atom. The fourth-order valence-corrected chi connectivity index (χ4v) is 1.85. The Labute approximate surface area is 124 Å². The van der Waals surface area contributed by atoms with Crippen LogP contribution in [0.4, 0.5) is 0 Å². The molecular formula is C12H12ClN5O3. The number of carbonyl (C=O) groups excluding carboxylic acids is 1. The van der Waals surface area contributed by atoms with E-state index in [0.29, 0.717) is 10.7 Å². The molecule has 0 aliphatic rings. The molecule has 0 bridgehead atoms. The first kappa shape index (κ1) is 14.9. The molecule has 1 amide bonds. The van der Waals surface area contributed by atoms with Gasteiger partial charge in [-0.3, -0.25) is 4.79 Å². The maximum Gasteiger partial charge on any atom is 0.326 e. The van der Waals surface area contributed by atoms with Crippen molar-refractivity contribution in [2.24, 2.45) is 0 Å². The average Bonchev–Trinajstić information content (AvgIpc) is 2.98. The number of aliphatic carboxylic acids is 1. The quantitative estimate of drug-likeness (QED) is 0.899. The van der Waals surface area contributed by atoms with Gasteiger partial charge in [0.2, 0.25) is 0 Å². The molecule has 0 saturated heterocycles. The Morgan fingerprint density at radius 1 is 1.43 bits per heavy atom.